The van der Waals surface area contributed by atoms with Crippen molar-refractivity contribution in [1.82, 2.24) is 19.6 Å². The lowest BCUT2D eigenvalue weighted by atomic mass is 10.1. The zero-order chi connectivity index (χ0) is 27.3. The van der Waals surface area contributed by atoms with Crippen molar-refractivity contribution in [3.8, 4) is 5.75 Å². The van der Waals surface area contributed by atoms with Gasteiger partial charge in [-0.15, -0.1) is 11.8 Å². The van der Waals surface area contributed by atoms with Crippen molar-refractivity contribution in [2.24, 2.45) is 5.92 Å². The number of rotatable bonds is 12. The maximum Gasteiger partial charge on any atom is 0.459 e. The van der Waals surface area contributed by atoms with Crippen LogP contribution in [-0.4, -0.2) is 56.9 Å². The quantitative estimate of drug-likeness (QED) is 0.277. The third-order valence-electron chi connectivity index (χ3n) is 5.83. The number of hydrogen-bond acceptors (Lipinski definition) is 10. The molecule has 0 radical (unpaired) electrons. The van der Waals surface area contributed by atoms with E-state index >= 15 is 0 Å². The fourth-order valence-electron chi connectivity index (χ4n) is 4.04. The Morgan fingerprint density at radius 2 is 1.97 bits per heavy atom. The van der Waals surface area contributed by atoms with Gasteiger partial charge < -0.3 is 20.1 Å². The number of anilines is 1. The largest absolute Gasteiger partial charge is 0.459 e. The van der Waals surface area contributed by atoms with Crippen LogP contribution in [0.5, 0.6) is 5.75 Å². The number of aliphatic hydroxyl groups excluding tert-OH is 1. The molecule has 13 heteroatoms. The fraction of sp³-hybridized carbons (Fsp3) is 0.480. The molecule has 1 fully saturated rings. The van der Waals surface area contributed by atoms with E-state index < -0.39 is 30.2 Å². The normalized spacial score (nSPS) is 22.0. The summed E-state index contributed by atoms with van der Waals surface area (Å²) in [7, 11) is -3.92. The second-order valence-electron chi connectivity index (χ2n) is 9.66. The minimum Gasteiger partial charge on any atom is -0.413 e. The first-order valence-electron chi connectivity index (χ1n) is 12.4. The van der Waals surface area contributed by atoms with Gasteiger partial charge in [0.15, 0.2) is 0 Å². The average molecular weight is 564 g/mol. The van der Waals surface area contributed by atoms with Crippen LogP contribution in [0.15, 0.2) is 53.6 Å². The lowest BCUT2D eigenvalue weighted by Crippen LogP contribution is -2.32. The van der Waals surface area contributed by atoms with Crippen molar-refractivity contribution in [2.75, 3.05) is 25.6 Å². The molecule has 1 aromatic heterocycles. The summed E-state index contributed by atoms with van der Waals surface area (Å²) in [6.07, 6.45) is 0.771. The Kier molecular flexibility index (Phi) is 9.45. The number of thioether (sulfide) groups is 1. The summed E-state index contributed by atoms with van der Waals surface area (Å²) in [5, 5.41) is 14.5. The molecule has 38 heavy (non-hydrogen) atoms. The van der Waals surface area contributed by atoms with E-state index in [0.717, 1.165) is 10.8 Å². The highest BCUT2D eigenvalue weighted by atomic mass is 32.2. The van der Waals surface area contributed by atoms with E-state index in [4.69, 9.17) is 19.5 Å². The summed E-state index contributed by atoms with van der Waals surface area (Å²) >= 11 is 1.32. The minimum atomic E-state index is -3.92. The van der Waals surface area contributed by atoms with Crippen molar-refractivity contribution in [2.45, 2.75) is 50.0 Å². The van der Waals surface area contributed by atoms with E-state index in [9.17, 15) is 14.5 Å². The van der Waals surface area contributed by atoms with Gasteiger partial charge in [0.2, 0.25) is 5.95 Å². The van der Waals surface area contributed by atoms with Gasteiger partial charge in [0, 0.05) is 24.5 Å². The Labute approximate surface area is 225 Å². The van der Waals surface area contributed by atoms with Crippen LogP contribution in [0.4, 0.5) is 5.95 Å². The number of ether oxygens (including phenoxy) is 1. The second kappa shape index (κ2) is 12.6. The smallest absolute Gasteiger partial charge is 0.413 e. The number of hydrogen-bond donors (Lipinski definition) is 3. The van der Waals surface area contributed by atoms with E-state index in [1.165, 1.54) is 22.7 Å². The highest BCUT2D eigenvalue weighted by molar-refractivity contribution is 8.00. The maximum absolute atomic E-state index is 14.0. The highest BCUT2D eigenvalue weighted by Gasteiger charge is 2.39. The van der Waals surface area contributed by atoms with Crippen molar-refractivity contribution in [3.63, 3.8) is 0 Å². The number of fused-ring (bicyclic) bond motifs is 1. The Balaban J connectivity index is 1.49. The summed E-state index contributed by atoms with van der Waals surface area (Å²) in [6.45, 7) is 6.75. The molecule has 0 spiro atoms. The van der Waals surface area contributed by atoms with Gasteiger partial charge in [-0.3, -0.25) is 9.09 Å². The number of nitrogens with two attached hydrogens (primary N) is 1. The van der Waals surface area contributed by atoms with Crippen LogP contribution in [-0.2, 0) is 13.8 Å². The molecule has 2 heterocycles. The predicted molar refractivity (Wildman–Crippen MR) is 148 cm³/mol. The van der Waals surface area contributed by atoms with E-state index in [0.29, 0.717) is 24.9 Å². The average Bonchev–Trinajstić information content (AvgIpc) is 3.23. The highest BCUT2D eigenvalue weighted by Crippen LogP contribution is 2.49. The van der Waals surface area contributed by atoms with Crippen LogP contribution in [0.1, 0.15) is 32.6 Å². The van der Waals surface area contributed by atoms with Crippen molar-refractivity contribution >= 4 is 36.2 Å². The summed E-state index contributed by atoms with van der Waals surface area (Å²) in [4.78, 5) is 19.8. The minimum absolute atomic E-state index is 0.0818. The first-order chi connectivity index (χ1) is 18.1. The van der Waals surface area contributed by atoms with Gasteiger partial charge in [-0.05, 0) is 24.3 Å². The third kappa shape index (κ3) is 7.34. The molecule has 0 amide bonds. The van der Waals surface area contributed by atoms with E-state index in [-0.39, 0.29) is 25.0 Å². The van der Waals surface area contributed by atoms with E-state index in [1.54, 1.807) is 6.07 Å². The third-order valence-corrected chi connectivity index (χ3v) is 9.05. The monoisotopic (exact) mass is 563 g/mol. The lowest BCUT2D eigenvalue weighted by molar-refractivity contribution is 0.0951. The molecule has 4 N–H and O–H groups in total. The van der Waals surface area contributed by atoms with Gasteiger partial charge in [-0.25, -0.2) is 19.4 Å². The lowest BCUT2D eigenvalue weighted by Gasteiger charge is -2.25. The molecule has 0 bridgehead atoms. The van der Waals surface area contributed by atoms with Gasteiger partial charge >= 0.3 is 13.4 Å². The Bertz CT molecular complexity index is 1340. The molecule has 0 saturated carbocycles. The Morgan fingerprint density at radius 1 is 1.21 bits per heavy atom. The number of nitrogen functional groups attached to an aromatic ring is 1. The summed E-state index contributed by atoms with van der Waals surface area (Å²) in [5.41, 5.74) is 4.94. The van der Waals surface area contributed by atoms with Crippen LogP contribution in [0.2, 0.25) is 0 Å². The van der Waals surface area contributed by atoms with Crippen LogP contribution >= 0.6 is 19.5 Å². The van der Waals surface area contributed by atoms with Crippen LogP contribution in [0.3, 0.4) is 0 Å². The van der Waals surface area contributed by atoms with Crippen LogP contribution in [0.25, 0.3) is 10.8 Å². The van der Waals surface area contributed by atoms with Gasteiger partial charge in [-0.1, -0.05) is 50.2 Å². The Hall–Kier alpha value is -2.47. The SMILES string of the molecule is CC(C)COC[C@H](C)NP(=O)(OC[C@H]1S[C@@H](n2cnc(N)nc2=O)C[C@H]1O)Oc1cccc2ccccc12. The summed E-state index contributed by atoms with van der Waals surface area (Å²) in [6, 6.07) is 12.8. The first-order valence-corrected chi connectivity index (χ1v) is 14.9. The molecule has 0 aliphatic carbocycles. The standard InChI is InChI=1S/C25H34N5O6PS/c1-16(2)12-34-13-17(3)29-37(33,36-21-10-6-8-18-7-4-5-9-19(18)21)35-14-22-20(31)11-23(38-22)30-15-27-24(26)28-25(30)32/h4-10,15-17,20,22-23,31H,11-14H2,1-3H3,(H,29,33)(H2,26,28,32)/t17-,20+,22+,23+,37?/m0/s1. The van der Waals surface area contributed by atoms with Crippen molar-refractivity contribution in [3.05, 3.63) is 59.3 Å². The molecule has 3 aromatic rings. The van der Waals surface area contributed by atoms with Crippen LogP contribution < -0.4 is 21.0 Å². The molecule has 1 aliphatic heterocycles. The van der Waals surface area contributed by atoms with Gasteiger partial charge in [0.25, 0.3) is 0 Å². The molecule has 2 aromatic carbocycles. The van der Waals surface area contributed by atoms with Crippen LogP contribution in [0, 0.1) is 5.92 Å². The molecule has 206 valence electrons. The predicted octanol–water partition coefficient (Wildman–Crippen LogP) is 3.59. The molecule has 1 aliphatic rings. The van der Waals surface area contributed by atoms with E-state index in [2.05, 4.69) is 28.9 Å². The molecule has 5 atom stereocenters. The summed E-state index contributed by atoms with van der Waals surface area (Å²) in [5.74, 6) is 0.668. The Morgan fingerprint density at radius 3 is 2.74 bits per heavy atom. The van der Waals surface area contributed by atoms with Crippen molar-refractivity contribution < 1.29 is 23.5 Å². The molecular formula is C25H34N5O6PS. The van der Waals surface area contributed by atoms with Gasteiger partial charge in [0.05, 0.1) is 29.9 Å². The molecular weight excluding hydrogens is 529 g/mol. The number of aromatic nitrogens is 3. The van der Waals surface area contributed by atoms with Crippen molar-refractivity contribution in [1.29, 1.82) is 0 Å². The number of nitrogens with zero attached hydrogens (tertiary/aromatic N) is 3. The zero-order valence-corrected chi connectivity index (χ0v) is 23.3. The van der Waals surface area contributed by atoms with Gasteiger partial charge in [-0.2, -0.15) is 4.98 Å². The number of benzene rings is 2. The molecule has 11 nitrogen and oxygen atoms in total. The molecule has 1 saturated heterocycles. The molecule has 4 rings (SSSR count). The van der Waals surface area contributed by atoms with E-state index in [1.807, 2.05) is 43.3 Å². The fourth-order valence-corrected chi connectivity index (χ4v) is 7.14. The first kappa shape index (κ1) is 28.5. The maximum atomic E-state index is 14.0. The second-order valence-corrected chi connectivity index (χ2v) is 12.8. The van der Waals surface area contributed by atoms with Gasteiger partial charge in [0.1, 0.15) is 12.1 Å². The topological polar surface area (TPSA) is 151 Å². The number of aliphatic hydroxyl groups is 1. The zero-order valence-electron chi connectivity index (χ0n) is 21.6. The molecule has 1 unspecified atom stereocenters. The summed E-state index contributed by atoms with van der Waals surface area (Å²) < 4.78 is 33.0. The number of nitrogens with one attached hydrogen (secondary N) is 1.